The van der Waals surface area contributed by atoms with Gasteiger partial charge >= 0.3 is 0 Å². The molecule has 0 spiro atoms. The molecular formula is C11H11FN2. The maximum atomic E-state index is 12.3. The Balaban J connectivity index is 2.51. The zero-order chi connectivity index (χ0) is 9.97. The van der Waals surface area contributed by atoms with Gasteiger partial charge in [0.1, 0.15) is 6.67 Å². The Labute approximate surface area is 81.6 Å². The fourth-order valence-corrected chi connectivity index (χ4v) is 1.37. The van der Waals surface area contributed by atoms with Crippen LogP contribution in [-0.4, -0.2) is 11.7 Å². The summed E-state index contributed by atoms with van der Waals surface area (Å²) in [7, 11) is 0. The first-order valence-electron chi connectivity index (χ1n) is 4.48. The molecule has 0 aliphatic rings. The van der Waals surface area contributed by atoms with Crippen LogP contribution in [0.25, 0.3) is 10.9 Å². The van der Waals surface area contributed by atoms with Crippen molar-refractivity contribution >= 4 is 10.9 Å². The van der Waals surface area contributed by atoms with Crippen LogP contribution in [0.5, 0.6) is 0 Å². The van der Waals surface area contributed by atoms with Crippen LogP contribution in [0.15, 0.2) is 36.4 Å². The van der Waals surface area contributed by atoms with E-state index in [4.69, 9.17) is 5.73 Å². The van der Waals surface area contributed by atoms with Crippen molar-refractivity contribution in [1.29, 1.82) is 0 Å². The zero-order valence-corrected chi connectivity index (χ0v) is 7.65. The van der Waals surface area contributed by atoms with Crippen molar-refractivity contribution in [2.24, 2.45) is 5.73 Å². The van der Waals surface area contributed by atoms with Crippen LogP contribution in [0.3, 0.4) is 0 Å². The normalized spacial score (nSPS) is 13.0. The molecule has 1 aromatic carbocycles. The van der Waals surface area contributed by atoms with Crippen LogP contribution in [0.1, 0.15) is 11.7 Å². The van der Waals surface area contributed by atoms with Gasteiger partial charge in [-0.3, -0.25) is 4.98 Å². The third-order valence-electron chi connectivity index (χ3n) is 2.17. The largest absolute Gasteiger partial charge is 0.321 e. The first kappa shape index (κ1) is 9.09. The molecule has 0 aliphatic carbocycles. The number of nitrogens with two attached hydrogens (primary N) is 1. The Morgan fingerprint density at radius 1 is 1.21 bits per heavy atom. The smallest absolute Gasteiger partial charge is 0.110 e. The monoisotopic (exact) mass is 190 g/mol. The molecule has 1 aromatic heterocycles. The molecule has 0 radical (unpaired) electrons. The molecule has 0 aliphatic heterocycles. The van der Waals surface area contributed by atoms with E-state index in [-0.39, 0.29) is 0 Å². The van der Waals surface area contributed by atoms with Crippen LogP contribution in [0, 0.1) is 0 Å². The number of hydrogen-bond donors (Lipinski definition) is 1. The third kappa shape index (κ3) is 1.59. The van der Waals surface area contributed by atoms with E-state index >= 15 is 0 Å². The Morgan fingerprint density at radius 3 is 2.79 bits per heavy atom. The highest BCUT2D eigenvalue weighted by molar-refractivity contribution is 5.78. The van der Waals surface area contributed by atoms with Crippen molar-refractivity contribution in [2.45, 2.75) is 6.04 Å². The number of hydrogen-bond acceptors (Lipinski definition) is 2. The van der Waals surface area contributed by atoms with Crippen molar-refractivity contribution < 1.29 is 4.39 Å². The van der Waals surface area contributed by atoms with E-state index in [9.17, 15) is 4.39 Å². The van der Waals surface area contributed by atoms with Gasteiger partial charge < -0.3 is 5.73 Å². The van der Waals surface area contributed by atoms with Crippen molar-refractivity contribution in [3.05, 3.63) is 42.1 Å². The van der Waals surface area contributed by atoms with Crippen LogP contribution < -0.4 is 5.73 Å². The molecule has 2 rings (SSSR count). The van der Waals surface area contributed by atoms with Gasteiger partial charge in [-0.25, -0.2) is 4.39 Å². The predicted octanol–water partition coefficient (Wildman–Crippen LogP) is 2.20. The highest BCUT2D eigenvalue weighted by Gasteiger charge is 2.06. The summed E-state index contributed by atoms with van der Waals surface area (Å²) in [5.74, 6) is 0. The molecule has 2 N–H and O–H groups in total. The van der Waals surface area contributed by atoms with E-state index in [0.717, 1.165) is 10.9 Å². The first-order chi connectivity index (χ1) is 6.81. The van der Waals surface area contributed by atoms with Gasteiger partial charge in [-0.2, -0.15) is 0 Å². The molecule has 0 amide bonds. The standard InChI is InChI=1S/C11H11FN2/c12-7-9(13)11-6-5-8-3-1-2-4-10(8)14-11/h1-6,9H,7,13H2/t9-/m0/s1. The second-order valence-electron chi connectivity index (χ2n) is 3.19. The second kappa shape index (κ2) is 3.72. The lowest BCUT2D eigenvalue weighted by Gasteiger charge is -2.06. The average molecular weight is 190 g/mol. The SMILES string of the molecule is N[C@@H](CF)c1ccc2ccccc2n1. The van der Waals surface area contributed by atoms with Crippen molar-refractivity contribution in [3.63, 3.8) is 0 Å². The molecule has 1 heterocycles. The molecule has 72 valence electrons. The van der Waals surface area contributed by atoms with Gasteiger partial charge in [0.25, 0.3) is 0 Å². The maximum absolute atomic E-state index is 12.3. The summed E-state index contributed by atoms with van der Waals surface area (Å²) >= 11 is 0. The summed E-state index contributed by atoms with van der Waals surface area (Å²) in [6, 6.07) is 10.8. The molecular weight excluding hydrogens is 179 g/mol. The van der Waals surface area contributed by atoms with Crippen molar-refractivity contribution in [2.75, 3.05) is 6.67 Å². The number of aromatic nitrogens is 1. The lowest BCUT2D eigenvalue weighted by molar-refractivity contribution is 0.432. The highest BCUT2D eigenvalue weighted by Crippen LogP contribution is 2.15. The van der Waals surface area contributed by atoms with Gasteiger partial charge in [0, 0.05) is 5.39 Å². The molecule has 0 unspecified atom stereocenters. The van der Waals surface area contributed by atoms with Gasteiger partial charge in [0.05, 0.1) is 17.3 Å². The number of alkyl halides is 1. The second-order valence-corrected chi connectivity index (χ2v) is 3.19. The minimum absolute atomic E-state index is 0.578. The summed E-state index contributed by atoms with van der Waals surface area (Å²) in [5, 5.41) is 1.04. The highest BCUT2D eigenvalue weighted by atomic mass is 19.1. The fraction of sp³-hybridized carbons (Fsp3) is 0.182. The number of rotatable bonds is 2. The number of pyridine rings is 1. The molecule has 1 atom stereocenters. The maximum Gasteiger partial charge on any atom is 0.110 e. The van der Waals surface area contributed by atoms with E-state index < -0.39 is 12.7 Å². The Bertz CT molecular complexity index is 442. The molecule has 0 bridgehead atoms. The summed E-state index contributed by atoms with van der Waals surface area (Å²) in [5.41, 5.74) is 7.01. The summed E-state index contributed by atoms with van der Waals surface area (Å²) in [6.07, 6.45) is 0. The number of benzene rings is 1. The summed E-state index contributed by atoms with van der Waals surface area (Å²) in [4.78, 5) is 4.28. The third-order valence-corrected chi connectivity index (χ3v) is 2.17. The number of para-hydroxylation sites is 1. The number of fused-ring (bicyclic) bond motifs is 1. The van der Waals surface area contributed by atoms with Crippen LogP contribution in [0.2, 0.25) is 0 Å². The molecule has 0 fully saturated rings. The number of halogens is 1. The lowest BCUT2D eigenvalue weighted by Crippen LogP contribution is -2.13. The van der Waals surface area contributed by atoms with Crippen molar-refractivity contribution in [3.8, 4) is 0 Å². The van der Waals surface area contributed by atoms with E-state index in [1.165, 1.54) is 0 Å². The molecule has 3 heteroatoms. The predicted molar refractivity (Wildman–Crippen MR) is 54.6 cm³/mol. The summed E-state index contributed by atoms with van der Waals surface area (Å²) < 4.78 is 12.3. The first-order valence-corrected chi connectivity index (χ1v) is 4.48. The van der Waals surface area contributed by atoms with Gasteiger partial charge in [-0.05, 0) is 12.1 Å². The lowest BCUT2D eigenvalue weighted by atomic mass is 10.1. The topological polar surface area (TPSA) is 38.9 Å². The van der Waals surface area contributed by atoms with Gasteiger partial charge in [-0.15, -0.1) is 0 Å². The fourth-order valence-electron chi connectivity index (χ4n) is 1.37. The van der Waals surface area contributed by atoms with E-state index in [0.29, 0.717) is 5.69 Å². The Hall–Kier alpha value is -1.48. The van der Waals surface area contributed by atoms with E-state index in [2.05, 4.69) is 4.98 Å². The summed E-state index contributed by atoms with van der Waals surface area (Å²) in [6.45, 7) is -0.578. The van der Waals surface area contributed by atoms with Crippen LogP contribution >= 0.6 is 0 Å². The van der Waals surface area contributed by atoms with Crippen molar-refractivity contribution in [1.82, 2.24) is 4.98 Å². The van der Waals surface area contributed by atoms with E-state index in [1.807, 2.05) is 30.3 Å². The van der Waals surface area contributed by atoms with Gasteiger partial charge in [0.2, 0.25) is 0 Å². The Morgan fingerprint density at radius 2 is 2.00 bits per heavy atom. The number of nitrogens with zero attached hydrogens (tertiary/aromatic N) is 1. The molecule has 0 saturated carbocycles. The minimum atomic E-state index is -0.611. The van der Waals surface area contributed by atoms with Crippen LogP contribution in [0.4, 0.5) is 4.39 Å². The quantitative estimate of drug-likeness (QED) is 0.788. The molecule has 2 nitrogen and oxygen atoms in total. The molecule has 0 saturated heterocycles. The zero-order valence-electron chi connectivity index (χ0n) is 7.65. The van der Waals surface area contributed by atoms with Crippen LogP contribution in [-0.2, 0) is 0 Å². The minimum Gasteiger partial charge on any atom is -0.321 e. The van der Waals surface area contributed by atoms with Gasteiger partial charge in [-0.1, -0.05) is 24.3 Å². The average Bonchev–Trinajstić information content (AvgIpc) is 2.27. The molecule has 14 heavy (non-hydrogen) atoms. The Kier molecular flexibility index (Phi) is 2.41. The van der Waals surface area contributed by atoms with E-state index in [1.54, 1.807) is 6.07 Å². The van der Waals surface area contributed by atoms with Gasteiger partial charge in [0.15, 0.2) is 0 Å². The molecule has 2 aromatic rings.